The molecule has 2 aromatic heterocycles. The Morgan fingerprint density at radius 3 is 2.55 bits per heavy atom. The van der Waals surface area contributed by atoms with Gasteiger partial charge in [0.05, 0.1) is 12.7 Å². The van der Waals surface area contributed by atoms with Gasteiger partial charge in [-0.05, 0) is 61.7 Å². The van der Waals surface area contributed by atoms with Crippen LogP contribution in [0.3, 0.4) is 0 Å². The number of nitrogens with zero attached hydrogens (tertiary/aromatic N) is 3. The summed E-state index contributed by atoms with van der Waals surface area (Å²) in [5, 5.41) is 1.22. The molecule has 3 aromatic rings. The highest BCUT2D eigenvalue weighted by atomic mass is 19.4. The van der Waals surface area contributed by atoms with E-state index >= 15 is 0 Å². The van der Waals surface area contributed by atoms with Gasteiger partial charge in [-0.1, -0.05) is 0 Å². The largest absolute Gasteiger partial charge is 0.497 e. The van der Waals surface area contributed by atoms with Gasteiger partial charge in [-0.15, -0.1) is 0 Å². The smallest absolute Gasteiger partial charge is 0.417 e. The summed E-state index contributed by atoms with van der Waals surface area (Å²) in [4.78, 5) is 11.8. The number of anilines is 1. The minimum absolute atomic E-state index is 0.613. The Labute approximate surface area is 179 Å². The minimum atomic E-state index is -4.34. The normalized spacial score (nSPS) is 15.5. The summed E-state index contributed by atoms with van der Waals surface area (Å²) < 4.78 is 43.4. The lowest BCUT2D eigenvalue weighted by molar-refractivity contribution is -0.137. The van der Waals surface area contributed by atoms with E-state index in [1.165, 1.54) is 17.0 Å². The van der Waals surface area contributed by atoms with Crippen LogP contribution in [0.15, 0.2) is 42.7 Å². The van der Waals surface area contributed by atoms with Crippen molar-refractivity contribution in [3.8, 4) is 5.75 Å². The maximum Gasteiger partial charge on any atom is 0.417 e. The van der Waals surface area contributed by atoms with Crippen molar-refractivity contribution in [2.45, 2.75) is 25.4 Å². The molecule has 8 heteroatoms. The number of hydrogen-bond donors (Lipinski definition) is 1. The second-order valence-electron chi connectivity index (χ2n) is 7.91. The fourth-order valence-electron chi connectivity index (χ4n) is 4.08. The number of piperazine rings is 1. The first-order chi connectivity index (χ1) is 14.9. The standard InChI is InChI=1S/C23H27F3N4O/c1-31-19-6-7-21-20(14-19)17(15-27-21)4-2-3-9-29-10-12-30(13-11-29)22-8-5-18(16-28-22)23(24,25)26/h5-8,14-16,27H,2-4,9-13H2,1H3. The summed E-state index contributed by atoms with van der Waals surface area (Å²) in [7, 11) is 1.68. The average molecular weight is 432 g/mol. The Bertz CT molecular complexity index is 992. The summed E-state index contributed by atoms with van der Waals surface area (Å²) in [6.07, 6.45) is 1.88. The number of aromatic nitrogens is 2. The molecule has 3 heterocycles. The third-order valence-electron chi connectivity index (χ3n) is 5.92. The van der Waals surface area contributed by atoms with E-state index in [0.29, 0.717) is 5.82 Å². The van der Waals surface area contributed by atoms with E-state index in [1.807, 2.05) is 12.1 Å². The molecule has 4 rings (SSSR count). The van der Waals surface area contributed by atoms with Crippen LogP contribution in [-0.2, 0) is 12.6 Å². The highest BCUT2D eigenvalue weighted by Crippen LogP contribution is 2.29. The van der Waals surface area contributed by atoms with Crippen LogP contribution in [0, 0.1) is 0 Å². The number of rotatable bonds is 7. The first-order valence-corrected chi connectivity index (χ1v) is 10.6. The zero-order valence-corrected chi connectivity index (χ0v) is 17.6. The van der Waals surface area contributed by atoms with Gasteiger partial charge in [0, 0.05) is 49.5 Å². The van der Waals surface area contributed by atoms with Gasteiger partial charge in [0.2, 0.25) is 0 Å². The Morgan fingerprint density at radius 1 is 1.06 bits per heavy atom. The number of halogens is 3. The number of aryl methyl sites for hydroxylation is 1. The molecule has 1 aliphatic rings. The summed E-state index contributed by atoms with van der Waals surface area (Å²) in [6.45, 7) is 4.38. The Morgan fingerprint density at radius 2 is 1.87 bits per heavy atom. The zero-order valence-electron chi connectivity index (χ0n) is 17.6. The number of fused-ring (bicyclic) bond motifs is 1. The van der Waals surface area contributed by atoms with Gasteiger partial charge < -0.3 is 14.6 Å². The first kappa shape index (κ1) is 21.5. The quantitative estimate of drug-likeness (QED) is 0.548. The SMILES string of the molecule is COc1ccc2[nH]cc(CCCCN3CCN(c4ccc(C(F)(F)F)cn4)CC3)c2c1. The predicted octanol–water partition coefficient (Wildman–Crippen LogP) is 4.74. The van der Waals surface area contributed by atoms with Gasteiger partial charge in [-0.25, -0.2) is 4.98 Å². The topological polar surface area (TPSA) is 44.4 Å². The zero-order chi connectivity index (χ0) is 21.8. The Hall–Kier alpha value is -2.74. The van der Waals surface area contributed by atoms with Gasteiger partial charge in [0.15, 0.2) is 0 Å². The molecule has 1 saturated heterocycles. The lowest BCUT2D eigenvalue weighted by atomic mass is 10.1. The number of unbranched alkanes of at least 4 members (excludes halogenated alkanes) is 1. The molecule has 0 spiro atoms. The summed E-state index contributed by atoms with van der Waals surface area (Å²) >= 11 is 0. The van der Waals surface area contributed by atoms with Crippen molar-refractivity contribution in [3.63, 3.8) is 0 Å². The maximum atomic E-state index is 12.7. The third-order valence-corrected chi connectivity index (χ3v) is 5.92. The number of benzene rings is 1. The molecule has 1 aliphatic heterocycles. The summed E-state index contributed by atoms with van der Waals surface area (Å²) in [5.41, 5.74) is 1.74. The monoisotopic (exact) mass is 432 g/mol. The summed E-state index contributed by atoms with van der Waals surface area (Å²) in [6, 6.07) is 8.66. The molecule has 31 heavy (non-hydrogen) atoms. The molecule has 0 amide bonds. The van der Waals surface area contributed by atoms with E-state index in [2.05, 4.69) is 32.0 Å². The lowest BCUT2D eigenvalue weighted by Gasteiger charge is -2.35. The molecular weight excluding hydrogens is 405 g/mol. The van der Waals surface area contributed by atoms with Crippen molar-refractivity contribution in [1.82, 2.24) is 14.9 Å². The fraction of sp³-hybridized carbons (Fsp3) is 0.435. The van der Waals surface area contributed by atoms with Crippen molar-refractivity contribution in [1.29, 1.82) is 0 Å². The van der Waals surface area contributed by atoms with Crippen molar-refractivity contribution < 1.29 is 17.9 Å². The number of alkyl halides is 3. The molecule has 1 aromatic carbocycles. The number of H-pyrrole nitrogens is 1. The predicted molar refractivity (Wildman–Crippen MR) is 116 cm³/mol. The molecule has 0 saturated carbocycles. The van der Waals surface area contributed by atoms with E-state index in [9.17, 15) is 13.2 Å². The minimum Gasteiger partial charge on any atom is -0.497 e. The van der Waals surface area contributed by atoms with Crippen LogP contribution < -0.4 is 9.64 Å². The Kier molecular flexibility index (Phi) is 6.36. The maximum absolute atomic E-state index is 12.7. The Balaban J connectivity index is 1.21. The van der Waals surface area contributed by atoms with E-state index in [-0.39, 0.29) is 0 Å². The van der Waals surface area contributed by atoms with Crippen LogP contribution in [-0.4, -0.2) is 54.7 Å². The second-order valence-corrected chi connectivity index (χ2v) is 7.91. The molecule has 0 aliphatic carbocycles. The molecule has 1 fully saturated rings. The molecule has 0 unspecified atom stereocenters. The van der Waals surface area contributed by atoms with Crippen molar-refractivity contribution in [3.05, 3.63) is 53.9 Å². The second kappa shape index (κ2) is 9.18. The number of aromatic amines is 1. The number of pyridine rings is 1. The van der Waals surface area contributed by atoms with Gasteiger partial charge >= 0.3 is 6.18 Å². The van der Waals surface area contributed by atoms with Crippen molar-refractivity contribution in [2.75, 3.05) is 44.7 Å². The third kappa shape index (κ3) is 5.12. The van der Waals surface area contributed by atoms with Crippen LogP contribution in [0.4, 0.5) is 19.0 Å². The van der Waals surface area contributed by atoms with Gasteiger partial charge in [-0.2, -0.15) is 13.2 Å². The van der Waals surface area contributed by atoms with E-state index < -0.39 is 11.7 Å². The lowest BCUT2D eigenvalue weighted by Crippen LogP contribution is -2.46. The van der Waals surface area contributed by atoms with Gasteiger partial charge in [0.1, 0.15) is 11.6 Å². The highest BCUT2D eigenvalue weighted by Gasteiger charge is 2.31. The van der Waals surface area contributed by atoms with E-state index in [4.69, 9.17) is 4.74 Å². The number of methoxy groups -OCH3 is 1. The van der Waals surface area contributed by atoms with Crippen LogP contribution >= 0.6 is 0 Å². The number of hydrogen-bond acceptors (Lipinski definition) is 4. The molecule has 166 valence electrons. The van der Waals surface area contributed by atoms with Crippen LogP contribution in [0.2, 0.25) is 0 Å². The van der Waals surface area contributed by atoms with E-state index in [1.54, 1.807) is 7.11 Å². The average Bonchev–Trinajstić information content (AvgIpc) is 3.19. The molecule has 0 radical (unpaired) electrons. The van der Waals surface area contributed by atoms with E-state index in [0.717, 1.165) is 75.5 Å². The van der Waals surface area contributed by atoms with Gasteiger partial charge in [0.25, 0.3) is 0 Å². The number of ether oxygens (including phenoxy) is 1. The van der Waals surface area contributed by atoms with Crippen LogP contribution in [0.5, 0.6) is 5.75 Å². The highest BCUT2D eigenvalue weighted by molar-refractivity contribution is 5.84. The fourth-order valence-corrected chi connectivity index (χ4v) is 4.08. The molecule has 5 nitrogen and oxygen atoms in total. The van der Waals surface area contributed by atoms with Crippen molar-refractivity contribution in [2.24, 2.45) is 0 Å². The van der Waals surface area contributed by atoms with Crippen LogP contribution in [0.25, 0.3) is 10.9 Å². The van der Waals surface area contributed by atoms with Crippen molar-refractivity contribution >= 4 is 16.7 Å². The van der Waals surface area contributed by atoms with Gasteiger partial charge in [-0.3, -0.25) is 4.90 Å². The molecule has 1 N–H and O–H groups in total. The molecule has 0 bridgehead atoms. The first-order valence-electron chi connectivity index (χ1n) is 10.6. The number of nitrogens with one attached hydrogen (secondary N) is 1. The summed E-state index contributed by atoms with van der Waals surface area (Å²) in [5.74, 6) is 1.48. The van der Waals surface area contributed by atoms with Crippen LogP contribution in [0.1, 0.15) is 24.0 Å². The molecular formula is C23H27F3N4O. The molecule has 0 atom stereocenters.